The third-order valence-electron chi connectivity index (χ3n) is 12.8. The fourth-order valence-corrected chi connectivity index (χ4v) is 10.9. The largest absolute Gasteiger partial charge is 0.493 e. The molecule has 0 aromatic heterocycles. The van der Waals surface area contributed by atoms with Crippen LogP contribution in [0, 0.1) is 16.7 Å². The Morgan fingerprint density at radius 2 is 1.85 bits per heavy atom. The van der Waals surface area contributed by atoms with Crippen molar-refractivity contribution in [1.29, 1.82) is 0 Å². The molecule has 212 valence electrons. The molecule has 4 saturated carbocycles. The lowest BCUT2D eigenvalue weighted by atomic mass is 9.31. The normalized spacial score (nSPS) is 38.0. The first-order valence-electron chi connectivity index (χ1n) is 15.6. The zero-order chi connectivity index (χ0) is 27.8. The van der Waals surface area contributed by atoms with E-state index in [0.717, 1.165) is 72.4 Å². The van der Waals surface area contributed by atoms with Crippen molar-refractivity contribution in [3.8, 4) is 11.5 Å². The first-order chi connectivity index (χ1) is 19.9. The summed E-state index contributed by atoms with van der Waals surface area (Å²) < 4.78 is 19.8. The minimum absolute atomic E-state index is 0.0447. The summed E-state index contributed by atoms with van der Waals surface area (Å²) in [7, 11) is 3.57. The molecule has 3 aromatic carbocycles. The van der Waals surface area contributed by atoms with E-state index in [1.807, 2.05) is 19.2 Å². The van der Waals surface area contributed by atoms with Crippen LogP contribution in [0.15, 0.2) is 54.6 Å². The van der Waals surface area contributed by atoms with Crippen LogP contribution in [0.2, 0.25) is 0 Å². The van der Waals surface area contributed by atoms with Gasteiger partial charge in [0.25, 0.3) is 0 Å². The lowest BCUT2D eigenvalue weighted by molar-refractivity contribution is -0.292. The predicted octanol–water partition coefficient (Wildman–Crippen LogP) is 6.35. The number of ether oxygens (including phenoxy) is 3. The highest BCUT2D eigenvalue weighted by atomic mass is 16.6. The number of benzene rings is 3. The van der Waals surface area contributed by atoms with Gasteiger partial charge < -0.3 is 14.2 Å². The van der Waals surface area contributed by atoms with Crippen molar-refractivity contribution in [2.75, 3.05) is 27.3 Å². The number of nitrogens with zero attached hydrogens (tertiary/aromatic N) is 1. The van der Waals surface area contributed by atoms with Crippen LogP contribution in [-0.2, 0) is 16.6 Å². The Kier molecular flexibility index (Phi) is 4.78. The summed E-state index contributed by atoms with van der Waals surface area (Å²) in [6.45, 7) is 4.49. The van der Waals surface area contributed by atoms with E-state index in [0.29, 0.717) is 6.04 Å². The number of likely N-dealkylation sites (tertiary alicyclic amines) is 1. The van der Waals surface area contributed by atoms with E-state index in [4.69, 9.17) is 14.2 Å². The second kappa shape index (κ2) is 7.93. The van der Waals surface area contributed by atoms with Gasteiger partial charge in [-0.1, -0.05) is 42.5 Å². The summed E-state index contributed by atoms with van der Waals surface area (Å²) in [4.78, 5) is 17.8. The second-order valence-corrected chi connectivity index (χ2v) is 14.2. The van der Waals surface area contributed by atoms with Gasteiger partial charge in [0, 0.05) is 41.7 Å². The predicted molar refractivity (Wildman–Crippen MR) is 158 cm³/mol. The third kappa shape index (κ3) is 2.74. The number of carbonyl (C=O) groups is 1. The topological polar surface area (TPSA) is 48.0 Å². The Morgan fingerprint density at radius 3 is 2.63 bits per heavy atom. The molecule has 4 bridgehead atoms. The van der Waals surface area contributed by atoms with Crippen molar-refractivity contribution >= 4 is 16.6 Å². The molecule has 5 heteroatoms. The molecule has 0 amide bonds. The fraction of sp³-hybridized carbons (Fsp3) is 0.528. The molecule has 2 heterocycles. The molecule has 0 N–H and O–H groups in total. The molecule has 2 spiro atoms. The summed E-state index contributed by atoms with van der Waals surface area (Å²) >= 11 is 0. The van der Waals surface area contributed by atoms with Crippen molar-refractivity contribution in [3.05, 3.63) is 71.3 Å². The van der Waals surface area contributed by atoms with Crippen molar-refractivity contribution in [2.24, 2.45) is 16.7 Å². The van der Waals surface area contributed by atoms with E-state index in [1.165, 1.54) is 30.5 Å². The number of Topliss-reactive ketones (excluding diaryl/α,β-unsaturated/α-hetero) is 1. The zero-order valence-electron chi connectivity index (χ0n) is 24.4. The SMILES string of the molecule is COc1ccc2c3c1O[C@H]1[C@@]4(OC)CC[C@@]5(C[C@@]4(C)C(=O)c4ccc6ccccc6c4)[C@@H](C2)N(CC2CC2)CC[C@]315. The van der Waals surface area contributed by atoms with Crippen molar-refractivity contribution in [3.63, 3.8) is 0 Å². The van der Waals surface area contributed by atoms with Crippen LogP contribution < -0.4 is 9.47 Å². The monoisotopic (exact) mass is 549 g/mol. The van der Waals surface area contributed by atoms with Crippen LogP contribution in [0.25, 0.3) is 10.8 Å². The van der Waals surface area contributed by atoms with E-state index in [-0.39, 0.29) is 22.7 Å². The van der Waals surface area contributed by atoms with E-state index >= 15 is 0 Å². The van der Waals surface area contributed by atoms with Gasteiger partial charge in [0.1, 0.15) is 11.7 Å². The van der Waals surface area contributed by atoms with Crippen LogP contribution in [0.1, 0.15) is 66.9 Å². The van der Waals surface area contributed by atoms with E-state index < -0.39 is 11.0 Å². The number of hydrogen-bond acceptors (Lipinski definition) is 5. The Bertz CT molecular complexity index is 1630. The molecule has 5 nitrogen and oxygen atoms in total. The van der Waals surface area contributed by atoms with Crippen molar-refractivity contribution in [2.45, 2.75) is 75.0 Å². The molecule has 10 rings (SSSR count). The molecule has 5 fully saturated rings. The van der Waals surface area contributed by atoms with Gasteiger partial charge in [0.2, 0.25) is 0 Å². The van der Waals surface area contributed by atoms with E-state index in [9.17, 15) is 4.79 Å². The number of hydrogen-bond donors (Lipinski definition) is 0. The first-order valence-corrected chi connectivity index (χ1v) is 15.6. The minimum atomic E-state index is -0.723. The van der Waals surface area contributed by atoms with Gasteiger partial charge in [-0.15, -0.1) is 0 Å². The number of fused-ring (bicyclic) bond motifs is 3. The summed E-state index contributed by atoms with van der Waals surface area (Å²) in [5, 5.41) is 2.26. The third-order valence-corrected chi connectivity index (χ3v) is 12.8. The number of rotatable bonds is 6. The van der Waals surface area contributed by atoms with Crippen LogP contribution >= 0.6 is 0 Å². The van der Waals surface area contributed by atoms with Gasteiger partial charge in [0.05, 0.1) is 12.5 Å². The fourth-order valence-electron chi connectivity index (χ4n) is 10.9. The molecular weight excluding hydrogens is 510 g/mol. The highest BCUT2D eigenvalue weighted by Crippen LogP contribution is 2.79. The van der Waals surface area contributed by atoms with Gasteiger partial charge in [-0.3, -0.25) is 9.69 Å². The van der Waals surface area contributed by atoms with Crippen LogP contribution in [0.5, 0.6) is 11.5 Å². The van der Waals surface area contributed by atoms with Gasteiger partial charge in [-0.25, -0.2) is 0 Å². The second-order valence-electron chi connectivity index (χ2n) is 14.2. The molecule has 0 radical (unpaired) electrons. The average Bonchev–Trinajstić information content (AvgIpc) is 3.74. The Hall–Kier alpha value is -2.89. The van der Waals surface area contributed by atoms with Gasteiger partial charge >= 0.3 is 0 Å². The summed E-state index contributed by atoms with van der Waals surface area (Å²) in [5.74, 6) is 2.76. The summed E-state index contributed by atoms with van der Waals surface area (Å²) in [6.07, 6.45) is 7.32. The van der Waals surface area contributed by atoms with Crippen molar-refractivity contribution < 1.29 is 19.0 Å². The van der Waals surface area contributed by atoms with Gasteiger partial charge in [-0.2, -0.15) is 0 Å². The van der Waals surface area contributed by atoms with Gasteiger partial charge in [0.15, 0.2) is 17.3 Å². The first kappa shape index (κ1) is 24.7. The van der Waals surface area contributed by atoms with Gasteiger partial charge in [-0.05, 0) is 92.8 Å². The minimum Gasteiger partial charge on any atom is -0.493 e. The Balaban J connectivity index is 1.26. The maximum atomic E-state index is 15.0. The molecule has 3 aromatic rings. The molecule has 7 aliphatic rings. The maximum absolute atomic E-state index is 15.0. The lowest BCUT2D eigenvalue weighted by Gasteiger charge is -2.76. The number of methoxy groups -OCH3 is 2. The van der Waals surface area contributed by atoms with Crippen molar-refractivity contribution in [1.82, 2.24) is 4.90 Å². The number of carbonyl (C=O) groups excluding carboxylic acids is 1. The quantitative estimate of drug-likeness (QED) is 0.336. The summed E-state index contributed by atoms with van der Waals surface area (Å²) in [6, 6.07) is 19.3. The van der Waals surface area contributed by atoms with Crippen LogP contribution in [0.3, 0.4) is 0 Å². The van der Waals surface area contributed by atoms with Crippen LogP contribution in [0.4, 0.5) is 0 Å². The molecule has 0 unspecified atom stereocenters. The van der Waals surface area contributed by atoms with E-state index in [2.05, 4.69) is 54.3 Å². The Labute approximate surface area is 242 Å². The smallest absolute Gasteiger partial charge is 0.171 e. The molecule has 2 aliphatic heterocycles. The Morgan fingerprint density at radius 1 is 1.02 bits per heavy atom. The highest BCUT2D eigenvalue weighted by molar-refractivity contribution is 6.04. The standard InChI is InChI=1S/C36H39NO4/c1-33(31(38)26-11-10-23-6-4-5-7-24(23)18-26)21-34-14-15-36(33,40-3)32-35(34)16-17-37(20-22-8-9-22)28(34)19-25-12-13-27(39-2)30(41-32)29(25)35/h4-7,10-13,18,22,28,32H,8-9,14-17,19-21H2,1-3H3/t28-,32-,33+,34-,35+,36+/m1/s1. The lowest BCUT2D eigenvalue weighted by Crippen LogP contribution is -2.84. The van der Waals surface area contributed by atoms with Crippen LogP contribution in [-0.4, -0.2) is 55.7 Å². The molecular formula is C36H39NO4. The van der Waals surface area contributed by atoms with E-state index in [1.54, 1.807) is 7.11 Å². The molecule has 6 atom stereocenters. The highest BCUT2D eigenvalue weighted by Gasteiger charge is 2.84. The molecule has 1 saturated heterocycles. The number of ketones is 1. The zero-order valence-corrected chi connectivity index (χ0v) is 24.4. The average molecular weight is 550 g/mol. The molecule has 5 aliphatic carbocycles. The molecule has 41 heavy (non-hydrogen) atoms. The maximum Gasteiger partial charge on any atom is 0.171 e. The number of piperidine rings is 1. The summed E-state index contributed by atoms with van der Waals surface area (Å²) in [5.41, 5.74) is 1.93.